The molecule has 0 unspecified atom stereocenters. The Balaban J connectivity index is 1.41. The highest BCUT2D eigenvalue weighted by molar-refractivity contribution is 5.85. The van der Waals surface area contributed by atoms with Crippen LogP contribution in [0.2, 0.25) is 0 Å². The molecule has 0 spiro atoms. The molecule has 0 aliphatic heterocycles. The summed E-state index contributed by atoms with van der Waals surface area (Å²) in [4.78, 5) is 9.04. The zero-order chi connectivity index (χ0) is 32.6. The van der Waals surface area contributed by atoms with Crippen LogP contribution in [0.3, 0.4) is 0 Å². The fourth-order valence-electron chi connectivity index (χ4n) is 6.28. The number of benzene rings is 2. The van der Waals surface area contributed by atoms with Crippen LogP contribution >= 0.6 is 0 Å². The standard InChI is InChI=1S/C34H40F6N6/c1-21-5-4-6-25-15-26(31(42-30(21)25)45(17-22-9-10-22)18-23-11-12-23)20-46(32(41)44-43-29-7-2-3-8-29)19-24-13-27(33(35,36)37)16-28(14-24)34(38,39)40/h4-6,13-16,22-23,29,43H,2-3,7-12,17-20H2,1H3,(H2,41,44). The van der Waals surface area contributed by atoms with Crippen LogP contribution in [0.5, 0.6) is 0 Å². The van der Waals surface area contributed by atoms with Gasteiger partial charge >= 0.3 is 12.4 Å². The monoisotopic (exact) mass is 646 g/mol. The van der Waals surface area contributed by atoms with E-state index in [1.807, 2.05) is 31.2 Å². The number of alkyl halides is 6. The molecule has 6 nitrogen and oxygen atoms in total. The average molecular weight is 647 g/mol. The van der Waals surface area contributed by atoms with E-state index in [1.165, 1.54) is 0 Å². The van der Waals surface area contributed by atoms with Gasteiger partial charge in [-0.05, 0) is 92.7 Å². The van der Waals surface area contributed by atoms with E-state index >= 15 is 0 Å². The van der Waals surface area contributed by atoms with Crippen molar-refractivity contribution in [3.63, 3.8) is 0 Å². The van der Waals surface area contributed by atoms with Gasteiger partial charge in [-0.3, -0.25) is 0 Å². The Bertz CT molecular complexity index is 1520. The number of pyridine rings is 1. The van der Waals surface area contributed by atoms with Gasteiger partial charge in [-0.2, -0.15) is 26.3 Å². The van der Waals surface area contributed by atoms with Gasteiger partial charge in [0.05, 0.1) is 16.6 Å². The Morgan fingerprint density at radius 1 is 0.870 bits per heavy atom. The largest absolute Gasteiger partial charge is 0.416 e. The van der Waals surface area contributed by atoms with E-state index in [0.29, 0.717) is 11.8 Å². The van der Waals surface area contributed by atoms with Gasteiger partial charge in [0.1, 0.15) is 5.82 Å². The molecule has 0 atom stereocenters. The van der Waals surface area contributed by atoms with E-state index in [4.69, 9.17) is 10.7 Å². The molecule has 248 valence electrons. The highest BCUT2D eigenvalue weighted by Gasteiger charge is 2.37. The van der Waals surface area contributed by atoms with Crippen LogP contribution in [0.4, 0.5) is 32.2 Å². The van der Waals surface area contributed by atoms with Crippen LogP contribution in [0.25, 0.3) is 10.9 Å². The van der Waals surface area contributed by atoms with Crippen LogP contribution < -0.4 is 16.1 Å². The lowest BCUT2D eigenvalue weighted by Crippen LogP contribution is -2.40. The Kier molecular flexibility index (Phi) is 9.00. The van der Waals surface area contributed by atoms with E-state index in [9.17, 15) is 26.3 Å². The molecule has 3 aliphatic carbocycles. The topological polar surface area (TPSA) is 69.8 Å². The first-order chi connectivity index (χ1) is 21.8. The van der Waals surface area contributed by atoms with Crippen molar-refractivity contribution in [2.45, 2.75) is 89.8 Å². The summed E-state index contributed by atoms with van der Waals surface area (Å²) in [7, 11) is 0. The molecule has 1 aromatic heterocycles. The van der Waals surface area contributed by atoms with Crippen molar-refractivity contribution in [1.29, 1.82) is 0 Å². The number of hydrogen-bond acceptors (Lipinski definition) is 4. The Morgan fingerprint density at radius 3 is 2.04 bits per heavy atom. The lowest BCUT2D eigenvalue weighted by molar-refractivity contribution is -0.143. The number of halogens is 6. The number of fused-ring (bicyclic) bond motifs is 1. The Labute approximate surface area is 265 Å². The van der Waals surface area contributed by atoms with Gasteiger partial charge in [0.2, 0.25) is 5.96 Å². The second kappa shape index (κ2) is 12.8. The van der Waals surface area contributed by atoms with Crippen molar-refractivity contribution in [2.75, 3.05) is 18.0 Å². The molecule has 0 amide bonds. The third kappa shape index (κ3) is 7.98. The fraction of sp³-hybridized carbons (Fsp3) is 0.529. The summed E-state index contributed by atoms with van der Waals surface area (Å²) < 4.78 is 82.6. The molecular weight excluding hydrogens is 606 g/mol. The summed E-state index contributed by atoms with van der Waals surface area (Å²) in [5, 5.41) is 5.30. The quantitative estimate of drug-likeness (QED) is 0.0958. The maximum Gasteiger partial charge on any atom is 0.416 e. The molecule has 46 heavy (non-hydrogen) atoms. The minimum atomic E-state index is -4.95. The van der Waals surface area contributed by atoms with Crippen molar-refractivity contribution < 1.29 is 26.3 Å². The molecule has 6 rings (SSSR count). The summed E-state index contributed by atoms with van der Waals surface area (Å²) in [5.74, 6) is 1.92. The Hall–Kier alpha value is -3.70. The van der Waals surface area contributed by atoms with Gasteiger partial charge in [-0.15, -0.1) is 5.10 Å². The molecule has 3 aromatic rings. The molecule has 3 fully saturated rings. The van der Waals surface area contributed by atoms with Gasteiger partial charge in [-0.1, -0.05) is 31.0 Å². The van der Waals surface area contributed by atoms with Gasteiger partial charge in [-0.25, -0.2) is 4.98 Å². The SMILES string of the molecule is Cc1cccc2cc(CN(Cc3cc(C(F)(F)F)cc(C(F)(F)F)c3)/C(N)=N/NC3CCCC3)c(N(CC3CC3)CC3CC3)nc12. The number of aromatic nitrogens is 1. The van der Waals surface area contributed by atoms with Crippen LogP contribution in [0.15, 0.2) is 47.6 Å². The summed E-state index contributed by atoms with van der Waals surface area (Å²) in [6, 6.07) is 9.70. The lowest BCUT2D eigenvalue weighted by Gasteiger charge is -2.30. The minimum Gasteiger partial charge on any atom is -0.368 e. The molecule has 12 heteroatoms. The number of rotatable bonds is 11. The Morgan fingerprint density at radius 2 is 1.48 bits per heavy atom. The minimum absolute atomic E-state index is 0.0101. The summed E-state index contributed by atoms with van der Waals surface area (Å²) in [6.45, 7) is 3.48. The van der Waals surface area contributed by atoms with Gasteiger partial charge in [0.15, 0.2) is 0 Å². The zero-order valence-corrected chi connectivity index (χ0v) is 25.9. The molecule has 0 radical (unpaired) electrons. The third-order valence-corrected chi connectivity index (χ3v) is 9.18. The van der Waals surface area contributed by atoms with Crippen LogP contribution in [-0.2, 0) is 25.4 Å². The molecule has 2 aromatic carbocycles. The molecule has 3 aliphatic rings. The molecule has 1 heterocycles. The predicted molar refractivity (Wildman–Crippen MR) is 167 cm³/mol. The van der Waals surface area contributed by atoms with E-state index in [1.54, 1.807) is 4.90 Å². The second-order valence-electron chi connectivity index (χ2n) is 13.3. The maximum absolute atomic E-state index is 13.8. The van der Waals surface area contributed by atoms with Crippen LogP contribution in [0.1, 0.15) is 79.2 Å². The first-order valence-electron chi connectivity index (χ1n) is 16.1. The van der Waals surface area contributed by atoms with Crippen molar-refractivity contribution in [3.8, 4) is 0 Å². The predicted octanol–water partition coefficient (Wildman–Crippen LogP) is 7.97. The van der Waals surface area contributed by atoms with E-state index in [-0.39, 0.29) is 36.7 Å². The second-order valence-corrected chi connectivity index (χ2v) is 13.3. The van der Waals surface area contributed by atoms with Gasteiger partial charge in [0.25, 0.3) is 0 Å². The number of para-hydroxylation sites is 1. The number of guanidine groups is 1. The lowest BCUT2D eigenvalue weighted by atomic mass is 10.0. The number of aryl methyl sites for hydroxylation is 1. The molecular formula is C34H40F6N6. The summed E-state index contributed by atoms with van der Waals surface area (Å²) in [6.07, 6.45) is -1.39. The summed E-state index contributed by atoms with van der Waals surface area (Å²) >= 11 is 0. The van der Waals surface area contributed by atoms with E-state index < -0.39 is 23.5 Å². The third-order valence-electron chi connectivity index (χ3n) is 9.18. The van der Waals surface area contributed by atoms with Crippen molar-refractivity contribution in [3.05, 3.63) is 70.3 Å². The smallest absolute Gasteiger partial charge is 0.368 e. The molecule has 0 saturated heterocycles. The first kappa shape index (κ1) is 32.2. The molecule has 0 bridgehead atoms. The number of nitrogens with zero attached hydrogens (tertiary/aromatic N) is 4. The molecule has 3 saturated carbocycles. The number of nitrogens with one attached hydrogen (secondary N) is 1. The fourth-order valence-corrected chi connectivity index (χ4v) is 6.28. The average Bonchev–Trinajstić information content (AvgIpc) is 3.93. The van der Waals surface area contributed by atoms with Crippen molar-refractivity contribution >= 4 is 22.7 Å². The highest BCUT2D eigenvalue weighted by Crippen LogP contribution is 2.39. The normalized spacial score (nSPS) is 17.9. The highest BCUT2D eigenvalue weighted by atomic mass is 19.4. The van der Waals surface area contributed by atoms with Crippen LogP contribution in [0, 0.1) is 18.8 Å². The number of anilines is 1. The number of hydrogen-bond donors (Lipinski definition) is 2. The maximum atomic E-state index is 13.8. The summed E-state index contributed by atoms with van der Waals surface area (Å²) in [5.41, 5.74) is 9.39. The van der Waals surface area contributed by atoms with E-state index in [0.717, 1.165) is 104 Å². The van der Waals surface area contributed by atoms with Gasteiger partial charge in [0, 0.05) is 43.2 Å². The molecule has 3 N–H and O–H groups in total. The van der Waals surface area contributed by atoms with Gasteiger partial charge < -0.3 is 21.0 Å². The van der Waals surface area contributed by atoms with E-state index in [2.05, 4.69) is 15.4 Å². The van der Waals surface area contributed by atoms with Crippen molar-refractivity contribution in [2.24, 2.45) is 22.7 Å². The van der Waals surface area contributed by atoms with Crippen molar-refractivity contribution in [1.82, 2.24) is 15.3 Å². The first-order valence-corrected chi connectivity index (χ1v) is 16.1. The zero-order valence-electron chi connectivity index (χ0n) is 25.9. The number of hydrazone groups is 1. The number of nitrogens with two attached hydrogens (primary N) is 1. The van der Waals surface area contributed by atoms with Crippen LogP contribution in [-0.4, -0.2) is 35.0 Å².